The van der Waals surface area contributed by atoms with Crippen molar-refractivity contribution in [2.75, 3.05) is 27.7 Å². The molecule has 3 rings (SSSR count). The van der Waals surface area contributed by atoms with E-state index in [0.29, 0.717) is 24.8 Å². The van der Waals surface area contributed by atoms with Gasteiger partial charge in [0, 0.05) is 46.7 Å². The Kier molecular flexibility index (Phi) is 5.18. The highest BCUT2D eigenvalue weighted by molar-refractivity contribution is 7.86. The van der Waals surface area contributed by atoms with Crippen LogP contribution < -0.4 is 0 Å². The Morgan fingerprint density at radius 3 is 2.44 bits per heavy atom. The molecule has 1 saturated carbocycles. The minimum atomic E-state index is -3.52. The summed E-state index contributed by atoms with van der Waals surface area (Å²) in [7, 11) is 1.61. The average molecular weight is 365 g/mol. The predicted molar refractivity (Wildman–Crippen MR) is 96.8 cm³/mol. The Balaban J connectivity index is 1.67. The highest BCUT2D eigenvalue weighted by atomic mass is 32.2. The van der Waals surface area contributed by atoms with Gasteiger partial charge in [-0.3, -0.25) is 4.79 Å². The molecule has 7 heteroatoms. The first-order valence-electron chi connectivity index (χ1n) is 8.76. The third kappa shape index (κ3) is 3.73. The molecule has 3 atom stereocenters. The third-order valence-electron chi connectivity index (χ3n) is 5.71. The Labute approximate surface area is 150 Å². The SMILES string of the molecule is CN1C[C@H]2C[C@@H](N(C)S(=O)(=O)N(C)Cc3ccccc3)C[C@H]2CC1=O. The lowest BCUT2D eigenvalue weighted by molar-refractivity contribution is -0.134. The maximum atomic E-state index is 12.9. The minimum Gasteiger partial charge on any atom is -0.345 e. The number of amides is 1. The van der Waals surface area contributed by atoms with Gasteiger partial charge >= 0.3 is 0 Å². The number of rotatable bonds is 5. The van der Waals surface area contributed by atoms with Crippen molar-refractivity contribution in [1.82, 2.24) is 13.5 Å². The van der Waals surface area contributed by atoms with E-state index in [1.54, 1.807) is 19.0 Å². The Morgan fingerprint density at radius 1 is 1.12 bits per heavy atom. The van der Waals surface area contributed by atoms with Crippen molar-refractivity contribution in [3.05, 3.63) is 35.9 Å². The van der Waals surface area contributed by atoms with Gasteiger partial charge in [0.1, 0.15) is 0 Å². The number of benzene rings is 1. The standard InChI is InChI=1S/C18H27N3O3S/c1-19-13-16-10-17(9-15(16)11-18(19)22)21(3)25(23,24)20(2)12-14-7-5-4-6-8-14/h4-8,15-17H,9-13H2,1-3H3/t15-,16+,17-/m0/s1. The van der Waals surface area contributed by atoms with Crippen molar-refractivity contribution in [1.29, 1.82) is 0 Å². The monoisotopic (exact) mass is 365 g/mol. The molecule has 2 fully saturated rings. The molecule has 1 aliphatic carbocycles. The van der Waals surface area contributed by atoms with E-state index in [9.17, 15) is 13.2 Å². The van der Waals surface area contributed by atoms with Gasteiger partial charge in [0.2, 0.25) is 5.91 Å². The molecule has 1 aromatic carbocycles. The molecule has 2 aliphatic rings. The lowest BCUT2D eigenvalue weighted by Crippen LogP contribution is -2.44. The van der Waals surface area contributed by atoms with Crippen LogP contribution in [0.2, 0.25) is 0 Å². The fourth-order valence-electron chi connectivity index (χ4n) is 4.11. The summed E-state index contributed by atoms with van der Waals surface area (Å²) >= 11 is 0. The molecule has 0 N–H and O–H groups in total. The summed E-state index contributed by atoms with van der Waals surface area (Å²) in [6.07, 6.45) is 2.15. The Hall–Kier alpha value is -1.44. The molecule has 0 aromatic heterocycles. The van der Waals surface area contributed by atoms with Crippen LogP contribution >= 0.6 is 0 Å². The molecule has 25 heavy (non-hydrogen) atoms. The highest BCUT2D eigenvalue weighted by Gasteiger charge is 2.44. The van der Waals surface area contributed by atoms with Gasteiger partial charge in [0.15, 0.2) is 0 Å². The van der Waals surface area contributed by atoms with E-state index in [0.717, 1.165) is 24.9 Å². The molecule has 138 valence electrons. The maximum absolute atomic E-state index is 12.9. The van der Waals surface area contributed by atoms with Gasteiger partial charge in [-0.2, -0.15) is 17.0 Å². The molecular formula is C18H27N3O3S. The first kappa shape index (κ1) is 18.4. The zero-order valence-electron chi connectivity index (χ0n) is 15.1. The highest BCUT2D eigenvalue weighted by Crippen LogP contribution is 2.40. The van der Waals surface area contributed by atoms with Gasteiger partial charge in [0.25, 0.3) is 10.2 Å². The summed E-state index contributed by atoms with van der Waals surface area (Å²) in [5, 5.41) is 0. The number of nitrogens with zero attached hydrogens (tertiary/aromatic N) is 3. The number of carbonyl (C=O) groups is 1. The van der Waals surface area contributed by atoms with Crippen molar-refractivity contribution in [2.24, 2.45) is 11.8 Å². The molecule has 1 aliphatic heterocycles. The molecule has 1 saturated heterocycles. The van der Waals surface area contributed by atoms with E-state index in [1.165, 1.54) is 8.61 Å². The Morgan fingerprint density at radius 2 is 1.76 bits per heavy atom. The van der Waals surface area contributed by atoms with Crippen molar-refractivity contribution < 1.29 is 13.2 Å². The number of piperidine rings is 1. The predicted octanol–water partition coefficient (Wildman–Crippen LogP) is 1.55. The normalized spacial score (nSPS) is 27.2. The summed E-state index contributed by atoms with van der Waals surface area (Å²) in [6.45, 7) is 1.10. The van der Waals surface area contributed by atoms with Crippen LogP contribution in [-0.4, -0.2) is 61.6 Å². The van der Waals surface area contributed by atoms with E-state index in [4.69, 9.17) is 0 Å². The quantitative estimate of drug-likeness (QED) is 0.795. The molecule has 6 nitrogen and oxygen atoms in total. The Bertz CT molecular complexity index is 722. The topological polar surface area (TPSA) is 60.9 Å². The van der Waals surface area contributed by atoms with E-state index in [1.807, 2.05) is 37.4 Å². The van der Waals surface area contributed by atoms with Crippen molar-refractivity contribution >= 4 is 16.1 Å². The second kappa shape index (κ2) is 7.05. The van der Waals surface area contributed by atoms with Gasteiger partial charge in [-0.05, 0) is 30.2 Å². The average Bonchev–Trinajstić information content (AvgIpc) is 2.98. The van der Waals surface area contributed by atoms with Crippen LogP contribution in [0, 0.1) is 11.8 Å². The molecule has 0 spiro atoms. The smallest absolute Gasteiger partial charge is 0.282 e. The van der Waals surface area contributed by atoms with Gasteiger partial charge in [-0.15, -0.1) is 0 Å². The zero-order valence-corrected chi connectivity index (χ0v) is 15.9. The van der Waals surface area contributed by atoms with Crippen LogP contribution in [0.3, 0.4) is 0 Å². The van der Waals surface area contributed by atoms with Gasteiger partial charge in [-0.1, -0.05) is 30.3 Å². The van der Waals surface area contributed by atoms with Crippen LogP contribution in [0.25, 0.3) is 0 Å². The fourth-order valence-corrected chi connectivity index (χ4v) is 5.42. The van der Waals surface area contributed by atoms with E-state index in [-0.39, 0.29) is 11.9 Å². The first-order chi connectivity index (χ1) is 11.8. The minimum absolute atomic E-state index is 0.0301. The zero-order chi connectivity index (χ0) is 18.2. The molecule has 0 bridgehead atoms. The number of fused-ring (bicyclic) bond motifs is 1. The summed E-state index contributed by atoms with van der Waals surface area (Å²) < 4.78 is 28.8. The lowest BCUT2D eigenvalue weighted by atomic mass is 9.88. The number of hydrogen-bond acceptors (Lipinski definition) is 3. The number of likely N-dealkylation sites (tertiary alicyclic amines) is 1. The maximum Gasteiger partial charge on any atom is 0.282 e. The molecule has 0 unspecified atom stereocenters. The second-order valence-corrected chi connectivity index (χ2v) is 9.48. The lowest BCUT2D eigenvalue weighted by Gasteiger charge is -2.31. The van der Waals surface area contributed by atoms with Crippen LogP contribution in [0.1, 0.15) is 24.8 Å². The number of carbonyl (C=O) groups excluding carboxylic acids is 1. The largest absolute Gasteiger partial charge is 0.345 e. The molecule has 1 amide bonds. The van der Waals surface area contributed by atoms with Crippen molar-refractivity contribution in [3.8, 4) is 0 Å². The number of hydrogen-bond donors (Lipinski definition) is 0. The van der Waals surface area contributed by atoms with E-state index >= 15 is 0 Å². The van der Waals surface area contributed by atoms with Crippen LogP contribution in [0.15, 0.2) is 30.3 Å². The summed E-state index contributed by atoms with van der Waals surface area (Å²) in [5.41, 5.74) is 0.967. The van der Waals surface area contributed by atoms with E-state index in [2.05, 4.69) is 0 Å². The summed E-state index contributed by atoms with van der Waals surface area (Å²) in [4.78, 5) is 13.7. The van der Waals surface area contributed by atoms with Gasteiger partial charge < -0.3 is 4.90 Å². The molecule has 1 heterocycles. The van der Waals surface area contributed by atoms with E-state index < -0.39 is 10.2 Å². The van der Waals surface area contributed by atoms with Crippen molar-refractivity contribution in [3.63, 3.8) is 0 Å². The second-order valence-electron chi connectivity index (χ2n) is 7.39. The molecule has 0 radical (unpaired) electrons. The van der Waals surface area contributed by atoms with Gasteiger partial charge in [-0.25, -0.2) is 0 Å². The van der Waals surface area contributed by atoms with Crippen LogP contribution in [-0.2, 0) is 21.5 Å². The third-order valence-corrected chi connectivity index (χ3v) is 7.65. The van der Waals surface area contributed by atoms with Crippen molar-refractivity contribution in [2.45, 2.75) is 31.8 Å². The summed E-state index contributed by atoms with van der Waals surface area (Å²) in [5.74, 6) is 0.893. The first-order valence-corrected chi connectivity index (χ1v) is 10.2. The summed E-state index contributed by atoms with van der Waals surface area (Å²) in [6, 6.07) is 9.57. The van der Waals surface area contributed by atoms with Gasteiger partial charge in [0.05, 0.1) is 0 Å². The molecule has 1 aromatic rings. The fraction of sp³-hybridized carbons (Fsp3) is 0.611. The van der Waals surface area contributed by atoms with Crippen LogP contribution in [0.5, 0.6) is 0 Å². The molecular weight excluding hydrogens is 338 g/mol. The van der Waals surface area contributed by atoms with Crippen LogP contribution in [0.4, 0.5) is 0 Å².